The average molecular weight is 407 g/mol. The summed E-state index contributed by atoms with van der Waals surface area (Å²) in [6.07, 6.45) is 0. The fourth-order valence-electron chi connectivity index (χ4n) is 3.83. The van der Waals surface area contributed by atoms with Crippen LogP contribution in [-0.2, 0) is 16.1 Å². The maximum atomic E-state index is 12.8. The van der Waals surface area contributed by atoms with E-state index >= 15 is 0 Å². The van der Waals surface area contributed by atoms with Gasteiger partial charge in [0, 0.05) is 38.7 Å². The third-order valence-electron chi connectivity index (χ3n) is 5.61. The zero-order valence-electron chi connectivity index (χ0n) is 17.3. The van der Waals surface area contributed by atoms with E-state index in [1.165, 1.54) is 0 Å². The quantitative estimate of drug-likeness (QED) is 0.782. The molecule has 0 unspecified atom stereocenters. The standard InChI is InChI=1S/C23H25N3O4/c1-16-3-8-20-21(13-16)30-15-22(28)26(20)14-18-4-6-19(7-5-18)23(29)25-11-9-24(10-12-25)17(2)27/h3-8,13H,9-12,14-15H2,1-2H3. The number of benzene rings is 2. The molecule has 2 aromatic rings. The van der Waals surface area contributed by atoms with Crippen LogP contribution in [0.15, 0.2) is 42.5 Å². The van der Waals surface area contributed by atoms with Crippen LogP contribution >= 0.6 is 0 Å². The first-order valence-corrected chi connectivity index (χ1v) is 10.1. The Morgan fingerprint density at radius 1 is 0.967 bits per heavy atom. The van der Waals surface area contributed by atoms with Crippen LogP contribution in [0.5, 0.6) is 5.75 Å². The molecule has 0 aliphatic carbocycles. The lowest BCUT2D eigenvalue weighted by molar-refractivity contribution is -0.130. The number of ether oxygens (including phenoxy) is 1. The molecule has 0 aromatic heterocycles. The van der Waals surface area contributed by atoms with Gasteiger partial charge in [0.1, 0.15) is 5.75 Å². The summed E-state index contributed by atoms with van der Waals surface area (Å²) in [5, 5.41) is 0. The first-order chi connectivity index (χ1) is 14.4. The van der Waals surface area contributed by atoms with Gasteiger partial charge in [0.05, 0.1) is 12.2 Å². The molecule has 1 saturated heterocycles. The molecule has 2 aliphatic heterocycles. The first kappa shape index (κ1) is 19.9. The van der Waals surface area contributed by atoms with Crippen LogP contribution in [0.4, 0.5) is 5.69 Å². The summed E-state index contributed by atoms with van der Waals surface area (Å²) in [6, 6.07) is 13.2. The van der Waals surface area contributed by atoms with Crippen molar-refractivity contribution < 1.29 is 19.1 Å². The van der Waals surface area contributed by atoms with E-state index in [1.807, 2.05) is 37.3 Å². The molecule has 30 heavy (non-hydrogen) atoms. The molecule has 2 aromatic carbocycles. The van der Waals surface area contributed by atoms with Crippen molar-refractivity contribution in [1.82, 2.24) is 9.80 Å². The van der Waals surface area contributed by atoms with E-state index in [-0.39, 0.29) is 24.3 Å². The van der Waals surface area contributed by atoms with Crippen molar-refractivity contribution in [1.29, 1.82) is 0 Å². The molecule has 0 radical (unpaired) electrons. The minimum absolute atomic E-state index is 0.0270. The predicted molar refractivity (Wildman–Crippen MR) is 112 cm³/mol. The molecule has 2 heterocycles. The highest BCUT2D eigenvalue weighted by Gasteiger charge is 2.26. The van der Waals surface area contributed by atoms with Gasteiger partial charge in [-0.25, -0.2) is 0 Å². The molecule has 0 atom stereocenters. The van der Waals surface area contributed by atoms with Crippen molar-refractivity contribution >= 4 is 23.4 Å². The highest BCUT2D eigenvalue weighted by molar-refractivity contribution is 5.98. The Labute approximate surface area is 175 Å². The summed E-state index contributed by atoms with van der Waals surface area (Å²) in [5.41, 5.74) is 3.39. The van der Waals surface area contributed by atoms with Crippen molar-refractivity contribution in [2.45, 2.75) is 20.4 Å². The summed E-state index contributed by atoms with van der Waals surface area (Å²) in [7, 11) is 0. The van der Waals surface area contributed by atoms with Crippen LogP contribution in [0.2, 0.25) is 0 Å². The molecule has 1 fully saturated rings. The Morgan fingerprint density at radius 3 is 2.30 bits per heavy atom. The van der Waals surface area contributed by atoms with Gasteiger partial charge in [-0.15, -0.1) is 0 Å². The van der Waals surface area contributed by atoms with Crippen LogP contribution in [0, 0.1) is 6.92 Å². The number of carbonyl (C=O) groups is 3. The number of amides is 3. The molecule has 4 rings (SSSR count). The Balaban J connectivity index is 1.44. The SMILES string of the molecule is CC(=O)N1CCN(C(=O)c2ccc(CN3C(=O)COc4cc(C)ccc43)cc2)CC1. The Bertz CT molecular complexity index is 978. The number of fused-ring (bicyclic) bond motifs is 1. The van der Waals surface area contributed by atoms with E-state index in [4.69, 9.17) is 4.74 Å². The molecule has 7 nitrogen and oxygen atoms in total. The summed E-state index contributed by atoms with van der Waals surface area (Å²) in [5.74, 6) is 0.634. The number of nitrogens with zero attached hydrogens (tertiary/aromatic N) is 3. The highest BCUT2D eigenvalue weighted by atomic mass is 16.5. The number of rotatable bonds is 3. The van der Waals surface area contributed by atoms with E-state index in [0.717, 1.165) is 16.8 Å². The monoisotopic (exact) mass is 407 g/mol. The molecule has 0 bridgehead atoms. The maximum absolute atomic E-state index is 12.8. The first-order valence-electron chi connectivity index (χ1n) is 10.1. The van der Waals surface area contributed by atoms with Crippen LogP contribution in [0.25, 0.3) is 0 Å². The van der Waals surface area contributed by atoms with Gasteiger partial charge in [-0.05, 0) is 42.3 Å². The number of aryl methyl sites for hydroxylation is 1. The van der Waals surface area contributed by atoms with Crippen molar-refractivity contribution in [2.24, 2.45) is 0 Å². The average Bonchev–Trinajstić information content (AvgIpc) is 2.76. The van der Waals surface area contributed by atoms with E-state index < -0.39 is 0 Å². The summed E-state index contributed by atoms with van der Waals surface area (Å²) >= 11 is 0. The number of carbonyl (C=O) groups excluding carboxylic acids is 3. The molecule has 3 amide bonds. The Kier molecular flexibility index (Phi) is 5.44. The molecule has 156 valence electrons. The molecule has 0 spiro atoms. The Hall–Kier alpha value is -3.35. The molecular weight excluding hydrogens is 382 g/mol. The van der Waals surface area contributed by atoms with Crippen LogP contribution in [-0.4, -0.2) is 60.3 Å². The minimum atomic E-state index is -0.0881. The maximum Gasteiger partial charge on any atom is 0.265 e. The van der Waals surface area contributed by atoms with Crippen LogP contribution in [0.3, 0.4) is 0 Å². The topological polar surface area (TPSA) is 70.2 Å². The fourth-order valence-corrected chi connectivity index (χ4v) is 3.83. The van der Waals surface area contributed by atoms with Crippen LogP contribution in [0.1, 0.15) is 28.4 Å². The summed E-state index contributed by atoms with van der Waals surface area (Å²) < 4.78 is 5.56. The van der Waals surface area contributed by atoms with Gasteiger partial charge in [-0.2, -0.15) is 0 Å². The second-order valence-corrected chi connectivity index (χ2v) is 7.73. The van der Waals surface area contributed by atoms with Crippen molar-refractivity contribution in [2.75, 3.05) is 37.7 Å². The number of piperazine rings is 1. The number of hydrogen-bond acceptors (Lipinski definition) is 4. The van der Waals surface area contributed by atoms with Crippen molar-refractivity contribution in [3.8, 4) is 5.75 Å². The molecular formula is C23H25N3O4. The lowest BCUT2D eigenvalue weighted by Gasteiger charge is -2.34. The van der Waals surface area contributed by atoms with Gasteiger partial charge in [-0.3, -0.25) is 14.4 Å². The summed E-state index contributed by atoms with van der Waals surface area (Å²) in [4.78, 5) is 41.9. The van der Waals surface area contributed by atoms with Gasteiger partial charge < -0.3 is 19.4 Å². The van der Waals surface area contributed by atoms with E-state index in [0.29, 0.717) is 44.0 Å². The molecule has 7 heteroatoms. The van der Waals surface area contributed by atoms with Crippen molar-refractivity contribution in [3.63, 3.8) is 0 Å². The van der Waals surface area contributed by atoms with E-state index in [2.05, 4.69) is 0 Å². The second-order valence-electron chi connectivity index (χ2n) is 7.73. The third-order valence-corrected chi connectivity index (χ3v) is 5.61. The van der Waals surface area contributed by atoms with Gasteiger partial charge >= 0.3 is 0 Å². The number of hydrogen-bond donors (Lipinski definition) is 0. The van der Waals surface area contributed by atoms with Crippen molar-refractivity contribution in [3.05, 3.63) is 59.2 Å². The Morgan fingerprint density at radius 2 is 1.63 bits per heavy atom. The molecule has 0 saturated carbocycles. The van der Waals surface area contributed by atoms with Crippen LogP contribution < -0.4 is 9.64 Å². The predicted octanol–water partition coefficient (Wildman–Crippen LogP) is 2.22. The lowest BCUT2D eigenvalue weighted by atomic mass is 10.1. The van der Waals surface area contributed by atoms with Gasteiger partial charge in [0.2, 0.25) is 5.91 Å². The molecule has 2 aliphatic rings. The smallest absolute Gasteiger partial charge is 0.265 e. The molecule has 0 N–H and O–H groups in total. The summed E-state index contributed by atoms with van der Waals surface area (Å²) in [6.45, 7) is 6.20. The van der Waals surface area contributed by atoms with E-state index in [1.54, 1.807) is 33.8 Å². The zero-order chi connectivity index (χ0) is 21.3. The number of anilines is 1. The zero-order valence-corrected chi connectivity index (χ0v) is 17.3. The largest absolute Gasteiger partial charge is 0.482 e. The fraction of sp³-hybridized carbons (Fsp3) is 0.348. The highest BCUT2D eigenvalue weighted by Crippen LogP contribution is 2.33. The lowest BCUT2D eigenvalue weighted by Crippen LogP contribution is -2.50. The van der Waals surface area contributed by atoms with Gasteiger partial charge in [-0.1, -0.05) is 18.2 Å². The van der Waals surface area contributed by atoms with Gasteiger partial charge in [0.15, 0.2) is 6.61 Å². The normalized spacial score (nSPS) is 16.2. The van der Waals surface area contributed by atoms with Gasteiger partial charge in [0.25, 0.3) is 11.8 Å². The minimum Gasteiger partial charge on any atom is -0.482 e. The van der Waals surface area contributed by atoms with E-state index in [9.17, 15) is 14.4 Å². The second kappa shape index (κ2) is 8.18. The third kappa shape index (κ3) is 4.01.